The summed E-state index contributed by atoms with van der Waals surface area (Å²) in [6.45, 7) is 5.22. The molecule has 0 unspecified atom stereocenters. The number of aromatic nitrogens is 2. The molecule has 5 rings (SSSR count). The molecule has 10 heteroatoms. The Hall–Kier alpha value is -4.02. The number of imide groups is 1. The van der Waals surface area contributed by atoms with E-state index in [1.165, 1.54) is 0 Å². The molecule has 0 spiro atoms. The number of thioether (sulfide) groups is 1. The molecular formula is C29H29N5O4S. The Morgan fingerprint density at radius 1 is 1.18 bits per heavy atom. The molecule has 9 nitrogen and oxygen atoms in total. The maximum atomic E-state index is 11.8. The van der Waals surface area contributed by atoms with Crippen molar-refractivity contribution >= 4 is 40.9 Å². The van der Waals surface area contributed by atoms with Crippen molar-refractivity contribution in [2.24, 2.45) is 5.92 Å². The molecule has 0 radical (unpaired) electrons. The summed E-state index contributed by atoms with van der Waals surface area (Å²) in [5, 5.41) is 15.0. The quantitative estimate of drug-likeness (QED) is 0.353. The minimum atomic E-state index is -0.925. The second-order valence-electron chi connectivity index (χ2n) is 9.75. The van der Waals surface area contributed by atoms with Crippen LogP contribution in [-0.2, 0) is 11.3 Å². The zero-order valence-corrected chi connectivity index (χ0v) is 22.3. The predicted molar refractivity (Wildman–Crippen MR) is 151 cm³/mol. The van der Waals surface area contributed by atoms with Crippen molar-refractivity contribution in [1.29, 1.82) is 0 Å². The molecule has 2 aliphatic rings. The first-order valence-corrected chi connectivity index (χ1v) is 13.6. The third kappa shape index (κ3) is 6.52. The van der Waals surface area contributed by atoms with E-state index in [1.807, 2.05) is 31.2 Å². The Kier molecular flexibility index (Phi) is 8.04. The first kappa shape index (κ1) is 26.6. The summed E-state index contributed by atoms with van der Waals surface area (Å²) in [6, 6.07) is 15.2. The number of nitrogens with zero attached hydrogens (tertiary/aromatic N) is 3. The van der Waals surface area contributed by atoms with Crippen molar-refractivity contribution in [2.75, 3.05) is 24.5 Å². The van der Waals surface area contributed by atoms with Crippen LogP contribution in [0.15, 0.2) is 59.6 Å². The Morgan fingerprint density at radius 3 is 2.74 bits per heavy atom. The Labute approximate surface area is 230 Å². The van der Waals surface area contributed by atoms with Crippen LogP contribution in [0.4, 0.5) is 10.7 Å². The van der Waals surface area contributed by atoms with Crippen molar-refractivity contribution < 1.29 is 19.5 Å². The highest BCUT2D eigenvalue weighted by atomic mass is 32.2. The fraction of sp³-hybridized carbons (Fsp3) is 0.276. The van der Waals surface area contributed by atoms with Gasteiger partial charge in [0.25, 0.3) is 11.1 Å². The first-order chi connectivity index (χ1) is 18.9. The van der Waals surface area contributed by atoms with E-state index in [0.29, 0.717) is 34.6 Å². The number of rotatable bonds is 8. The summed E-state index contributed by atoms with van der Waals surface area (Å²) in [5.41, 5.74) is 4.67. The average molecular weight is 544 g/mol. The Balaban J connectivity index is 1.14. The van der Waals surface area contributed by atoms with Gasteiger partial charge in [-0.2, -0.15) is 0 Å². The Bertz CT molecular complexity index is 1450. The molecule has 0 saturated carbocycles. The first-order valence-electron chi connectivity index (χ1n) is 12.8. The van der Waals surface area contributed by atoms with Gasteiger partial charge in [-0.25, -0.2) is 14.8 Å². The van der Waals surface area contributed by atoms with Crippen molar-refractivity contribution in [3.63, 3.8) is 0 Å². The van der Waals surface area contributed by atoms with Crippen LogP contribution in [0.1, 0.15) is 40.0 Å². The second kappa shape index (κ2) is 11.8. The highest BCUT2D eigenvalue weighted by Crippen LogP contribution is 2.27. The molecule has 2 saturated heterocycles. The minimum Gasteiger partial charge on any atom is -0.478 e. The van der Waals surface area contributed by atoms with Crippen molar-refractivity contribution in [3.05, 3.63) is 82.0 Å². The molecule has 39 heavy (non-hydrogen) atoms. The molecule has 3 N–H and O–H groups in total. The maximum Gasteiger partial charge on any atom is 0.336 e. The number of carboxylic acid groups (broad SMARTS) is 1. The van der Waals surface area contributed by atoms with Crippen LogP contribution in [0.5, 0.6) is 0 Å². The van der Waals surface area contributed by atoms with Crippen LogP contribution >= 0.6 is 11.8 Å². The van der Waals surface area contributed by atoms with Crippen molar-refractivity contribution in [3.8, 4) is 11.1 Å². The van der Waals surface area contributed by atoms with Crippen LogP contribution in [0.2, 0.25) is 0 Å². The summed E-state index contributed by atoms with van der Waals surface area (Å²) in [4.78, 5) is 46.4. The molecule has 0 atom stereocenters. The van der Waals surface area contributed by atoms with Gasteiger partial charge in [-0.1, -0.05) is 35.9 Å². The lowest BCUT2D eigenvalue weighted by Crippen LogP contribution is -2.38. The number of aromatic carboxylic acids is 1. The fourth-order valence-electron chi connectivity index (χ4n) is 4.84. The standard InChI is InChI=1S/C29H29N5O4S/c1-18-5-6-23(27(36)37)24(13-18)21-4-2-3-20(14-21)17-30-16-19-8-11-34(12-9-19)28-31-10-7-22(32-28)15-25-26(35)33-29(38)39-25/h2-7,10,13-15,19,30H,8-9,11-12,16-17H2,1H3,(H,36,37)(H,33,35,38). The molecule has 2 aliphatic heterocycles. The number of aryl methyl sites for hydroxylation is 1. The van der Waals surface area contributed by atoms with Gasteiger partial charge >= 0.3 is 5.97 Å². The van der Waals surface area contributed by atoms with E-state index in [2.05, 4.69) is 37.6 Å². The number of piperidine rings is 1. The van der Waals surface area contributed by atoms with Crippen LogP contribution in [0.25, 0.3) is 17.2 Å². The van der Waals surface area contributed by atoms with Crippen molar-refractivity contribution in [2.45, 2.75) is 26.3 Å². The highest BCUT2D eigenvalue weighted by Gasteiger charge is 2.26. The van der Waals surface area contributed by atoms with Gasteiger partial charge in [0, 0.05) is 25.8 Å². The summed E-state index contributed by atoms with van der Waals surface area (Å²) in [5.74, 6) is -0.176. The number of hydrogen-bond acceptors (Lipinski definition) is 8. The number of nitrogens with one attached hydrogen (secondary N) is 2. The van der Waals surface area contributed by atoms with Crippen LogP contribution in [-0.4, -0.2) is 51.8 Å². The van der Waals surface area contributed by atoms with Crippen LogP contribution in [0.3, 0.4) is 0 Å². The van der Waals surface area contributed by atoms with E-state index < -0.39 is 11.9 Å². The highest BCUT2D eigenvalue weighted by molar-refractivity contribution is 8.18. The number of carbonyl (C=O) groups is 3. The molecule has 200 valence electrons. The number of amides is 2. The number of hydrogen-bond donors (Lipinski definition) is 3. The van der Waals surface area contributed by atoms with Gasteiger partial charge in [-0.3, -0.25) is 14.9 Å². The molecule has 2 aromatic carbocycles. The number of benzene rings is 2. The molecule has 0 bridgehead atoms. The largest absolute Gasteiger partial charge is 0.478 e. The topological polar surface area (TPSA) is 125 Å². The van der Waals surface area contributed by atoms with Gasteiger partial charge in [-0.05, 0) is 85.0 Å². The fourth-order valence-corrected chi connectivity index (χ4v) is 5.51. The lowest BCUT2D eigenvalue weighted by Gasteiger charge is -2.32. The lowest BCUT2D eigenvalue weighted by atomic mass is 9.95. The monoisotopic (exact) mass is 543 g/mol. The smallest absolute Gasteiger partial charge is 0.336 e. The van der Waals surface area contributed by atoms with E-state index in [0.717, 1.165) is 66.5 Å². The summed E-state index contributed by atoms with van der Waals surface area (Å²) in [7, 11) is 0. The molecule has 2 amide bonds. The number of carbonyl (C=O) groups excluding carboxylic acids is 2. The molecule has 1 aromatic heterocycles. The van der Waals surface area contributed by atoms with E-state index in [9.17, 15) is 19.5 Å². The van der Waals surface area contributed by atoms with E-state index in [4.69, 9.17) is 0 Å². The Morgan fingerprint density at radius 2 is 2.00 bits per heavy atom. The molecule has 0 aliphatic carbocycles. The molecule has 2 fully saturated rings. The van der Waals surface area contributed by atoms with E-state index in [-0.39, 0.29) is 5.24 Å². The summed E-state index contributed by atoms with van der Waals surface area (Å²) >= 11 is 0.875. The van der Waals surface area contributed by atoms with E-state index in [1.54, 1.807) is 24.4 Å². The number of carboxylic acids is 1. The van der Waals surface area contributed by atoms with Gasteiger partial charge in [-0.15, -0.1) is 0 Å². The van der Waals surface area contributed by atoms with Gasteiger partial charge < -0.3 is 15.3 Å². The summed E-state index contributed by atoms with van der Waals surface area (Å²) in [6.07, 6.45) is 5.29. The van der Waals surface area contributed by atoms with Crippen LogP contribution < -0.4 is 15.5 Å². The minimum absolute atomic E-state index is 0.307. The van der Waals surface area contributed by atoms with E-state index >= 15 is 0 Å². The SMILES string of the molecule is Cc1ccc(C(=O)O)c(-c2cccc(CNCC3CCN(c4nccc(C=C5SC(=O)NC5=O)n4)CC3)c2)c1. The third-order valence-electron chi connectivity index (χ3n) is 6.89. The van der Waals surface area contributed by atoms with Crippen LogP contribution in [0, 0.1) is 12.8 Å². The van der Waals surface area contributed by atoms with Gasteiger partial charge in [0.05, 0.1) is 16.2 Å². The second-order valence-corrected chi connectivity index (χ2v) is 10.8. The molecule has 3 heterocycles. The molecular weight excluding hydrogens is 514 g/mol. The lowest BCUT2D eigenvalue weighted by molar-refractivity contribution is -0.115. The van der Waals surface area contributed by atoms with Crippen molar-refractivity contribution in [1.82, 2.24) is 20.6 Å². The molecule has 3 aromatic rings. The third-order valence-corrected chi connectivity index (χ3v) is 7.70. The zero-order valence-electron chi connectivity index (χ0n) is 21.5. The normalized spacial score (nSPS) is 17.1. The predicted octanol–water partition coefficient (Wildman–Crippen LogP) is 4.48. The average Bonchev–Trinajstić information content (AvgIpc) is 3.25. The maximum absolute atomic E-state index is 11.8. The summed E-state index contributed by atoms with van der Waals surface area (Å²) < 4.78 is 0. The van der Waals surface area contributed by atoms with Gasteiger partial charge in [0.2, 0.25) is 5.95 Å². The number of anilines is 1. The van der Waals surface area contributed by atoms with Gasteiger partial charge in [0.15, 0.2) is 0 Å². The van der Waals surface area contributed by atoms with Gasteiger partial charge in [0.1, 0.15) is 0 Å². The zero-order chi connectivity index (χ0) is 27.4.